The Hall–Kier alpha value is 0.360. The molecule has 2 aliphatic heterocycles. The second-order valence-electron chi connectivity index (χ2n) is 4.10. The standard InChI is InChI=1S/C9H15BrO3/c1-7(5-10)9-11-4-3-8(2,13-9)6-12-9/h7H,3-6H2,1-2H3/t7-,8?,9?/m0/s1. The van der Waals surface area contributed by atoms with E-state index in [-0.39, 0.29) is 11.5 Å². The summed E-state index contributed by atoms with van der Waals surface area (Å²) in [7, 11) is 0. The Labute approximate surface area is 86.9 Å². The minimum atomic E-state index is -0.781. The summed E-state index contributed by atoms with van der Waals surface area (Å²) >= 11 is 3.42. The van der Waals surface area contributed by atoms with Gasteiger partial charge in [0.2, 0.25) is 0 Å². The van der Waals surface area contributed by atoms with E-state index in [0.717, 1.165) is 18.4 Å². The molecule has 0 aromatic heterocycles. The molecule has 76 valence electrons. The van der Waals surface area contributed by atoms with Gasteiger partial charge < -0.3 is 14.2 Å². The Bertz CT molecular complexity index is 211. The van der Waals surface area contributed by atoms with Gasteiger partial charge in [0.1, 0.15) is 0 Å². The molecular weight excluding hydrogens is 236 g/mol. The molecule has 0 aliphatic carbocycles. The van der Waals surface area contributed by atoms with Gasteiger partial charge in [0.25, 0.3) is 5.97 Å². The summed E-state index contributed by atoms with van der Waals surface area (Å²) in [6.45, 7) is 5.52. The van der Waals surface area contributed by atoms with Crippen LogP contribution in [0.3, 0.4) is 0 Å². The van der Waals surface area contributed by atoms with Crippen LogP contribution in [0.4, 0.5) is 0 Å². The van der Waals surface area contributed by atoms with Gasteiger partial charge in [-0.2, -0.15) is 0 Å². The average Bonchev–Trinajstić information content (AvgIpc) is 2.37. The number of hydrogen-bond acceptors (Lipinski definition) is 3. The van der Waals surface area contributed by atoms with E-state index in [0.29, 0.717) is 6.61 Å². The molecule has 0 saturated carbocycles. The first-order chi connectivity index (χ1) is 6.10. The van der Waals surface area contributed by atoms with Gasteiger partial charge in [0.15, 0.2) is 0 Å². The minimum absolute atomic E-state index is 0.130. The fourth-order valence-electron chi connectivity index (χ4n) is 1.74. The normalized spacial score (nSPS) is 46.4. The lowest BCUT2D eigenvalue weighted by Gasteiger charge is -2.38. The van der Waals surface area contributed by atoms with Crippen molar-refractivity contribution in [2.24, 2.45) is 5.92 Å². The molecule has 3 atom stereocenters. The van der Waals surface area contributed by atoms with Crippen LogP contribution in [-0.4, -0.2) is 30.1 Å². The first-order valence-electron chi connectivity index (χ1n) is 4.64. The van der Waals surface area contributed by atoms with Crippen molar-refractivity contribution in [1.82, 2.24) is 0 Å². The van der Waals surface area contributed by atoms with Crippen LogP contribution >= 0.6 is 15.9 Å². The Morgan fingerprint density at radius 2 is 2.23 bits per heavy atom. The molecule has 0 aromatic rings. The Balaban J connectivity index is 2.16. The predicted octanol–water partition coefficient (Wildman–Crippen LogP) is 1.90. The van der Waals surface area contributed by atoms with Crippen molar-refractivity contribution >= 4 is 15.9 Å². The van der Waals surface area contributed by atoms with Crippen LogP contribution in [0.1, 0.15) is 20.3 Å². The third-order valence-corrected chi connectivity index (χ3v) is 3.71. The Morgan fingerprint density at radius 3 is 2.92 bits per heavy atom. The zero-order valence-electron chi connectivity index (χ0n) is 8.01. The zero-order valence-corrected chi connectivity index (χ0v) is 9.59. The van der Waals surface area contributed by atoms with E-state index in [2.05, 4.69) is 29.8 Å². The topological polar surface area (TPSA) is 27.7 Å². The van der Waals surface area contributed by atoms with E-state index in [9.17, 15) is 0 Å². The number of hydrogen-bond donors (Lipinski definition) is 0. The second kappa shape index (κ2) is 3.19. The molecule has 0 aromatic carbocycles. The van der Waals surface area contributed by atoms with E-state index in [1.54, 1.807) is 0 Å². The smallest absolute Gasteiger partial charge is 0.287 e. The molecule has 0 spiro atoms. The molecule has 3 nitrogen and oxygen atoms in total. The molecule has 2 aliphatic rings. The van der Waals surface area contributed by atoms with E-state index >= 15 is 0 Å². The van der Waals surface area contributed by atoms with Crippen molar-refractivity contribution in [1.29, 1.82) is 0 Å². The van der Waals surface area contributed by atoms with Crippen molar-refractivity contribution < 1.29 is 14.2 Å². The van der Waals surface area contributed by atoms with Crippen molar-refractivity contribution in [3.63, 3.8) is 0 Å². The maximum Gasteiger partial charge on any atom is 0.287 e. The molecule has 4 heteroatoms. The lowest BCUT2D eigenvalue weighted by Crippen LogP contribution is -2.48. The Kier molecular flexibility index (Phi) is 2.43. The fourth-order valence-corrected chi connectivity index (χ4v) is 2.14. The quantitative estimate of drug-likeness (QED) is 0.701. The van der Waals surface area contributed by atoms with Crippen LogP contribution in [0.15, 0.2) is 0 Å². The van der Waals surface area contributed by atoms with Gasteiger partial charge in [-0.15, -0.1) is 0 Å². The molecule has 2 bridgehead atoms. The lowest BCUT2D eigenvalue weighted by molar-refractivity contribution is -0.385. The van der Waals surface area contributed by atoms with Gasteiger partial charge in [0.05, 0.1) is 18.8 Å². The number of alkyl halides is 1. The van der Waals surface area contributed by atoms with Crippen LogP contribution in [-0.2, 0) is 14.2 Å². The van der Waals surface area contributed by atoms with Crippen LogP contribution < -0.4 is 0 Å². The lowest BCUT2D eigenvalue weighted by atomic mass is 10.0. The number of halogens is 1. The highest BCUT2D eigenvalue weighted by molar-refractivity contribution is 9.09. The molecule has 0 amide bonds. The second-order valence-corrected chi connectivity index (χ2v) is 4.75. The maximum atomic E-state index is 5.85. The highest BCUT2D eigenvalue weighted by atomic mass is 79.9. The highest BCUT2D eigenvalue weighted by Crippen LogP contribution is 2.43. The first-order valence-corrected chi connectivity index (χ1v) is 5.76. The number of ether oxygens (including phenoxy) is 3. The molecule has 0 N–H and O–H groups in total. The monoisotopic (exact) mass is 250 g/mol. The molecule has 13 heavy (non-hydrogen) atoms. The molecule has 2 fully saturated rings. The van der Waals surface area contributed by atoms with Gasteiger partial charge in [-0.1, -0.05) is 22.9 Å². The van der Waals surface area contributed by atoms with Gasteiger partial charge >= 0.3 is 0 Å². The summed E-state index contributed by atoms with van der Waals surface area (Å²) in [5, 5.41) is 0.822. The number of rotatable bonds is 2. The summed E-state index contributed by atoms with van der Waals surface area (Å²) in [5.74, 6) is -0.564. The third kappa shape index (κ3) is 1.54. The fraction of sp³-hybridized carbons (Fsp3) is 1.00. The first kappa shape index (κ1) is 9.90. The van der Waals surface area contributed by atoms with Crippen molar-refractivity contribution in [2.75, 3.05) is 18.5 Å². The molecule has 2 unspecified atom stereocenters. The molecule has 0 radical (unpaired) electrons. The van der Waals surface area contributed by atoms with Crippen molar-refractivity contribution in [2.45, 2.75) is 31.8 Å². The van der Waals surface area contributed by atoms with Crippen LogP contribution in [0.25, 0.3) is 0 Å². The largest absolute Gasteiger partial charge is 0.327 e. The third-order valence-electron chi connectivity index (χ3n) is 2.74. The zero-order chi connectivity index (χ0) is 9.53. The van der Waals surface area contributed by atoms with E-state index in [4.69, 9.17) is 14.2 Å². The highest BCUT2D eigenvalue weighted by Gasteiger charge is 2.55. The predicted molar refractivity (Wildman–Crippen MR) is 51.7 cm³/mol. The van der Waals surface area contributed by atoms with E-state index < -0.39 is 5.97 Å². The molecule has 2 rings (SSSR count). The average molecular weight is 251 g/mol. The molecular formula is C9H15BrO3. The maximum absolute atomic E-state index is 5.85. The summed E-state index contributed by atoms with van der Waals surface area (Å²) in [5.41, 5.74) is -0.130. The van der Waals surface area contributed by atoms with Crippen LogP contribution in [0, 0.1) is 5.92 Å². The Morgan fingerprint density at radius 1 is 1.46 bits per heavy atom. The van der Waals surface area contributed by atoms with Gasteiger partial charge in [-0.3, -0.25) is 0 Å². The van der Waals surface area contributed by atoms with Crippen LogP contribution in [0.2, 0.25) is 0 Å². The van der Waals surface area contributed by atoms with Crippen molar-refractivity contribution in [3.8, 4) is 0 Å². The van der Waals surface area contributed by atoms with Gasteiger partial charge in [-0.25, -0.2) is 0 Å². The SMILES string of the molecule is C[C@@H](CBr)C12OCCC(C)(CO1)O2. The van der Waals surface area contributed by atoms with Gasteiger partial charge in [0, 0.05) is 17.7 Å². The molecule has 2 heterocycles. The summed E-state index contributed by atoms with van der Waals surface area (Å²) in [4.78, 5) is 0. The summed E-state index contributed by atoms with van der Waals surface area (Å²) in [6, 6.07) is 0. The van der Waals surface area contributed by atoms with Gasteiger partial charge in [-0.05, 0) is 6.92 Å². The summed E-state index contributed by atoms with van der Waals surface area (Å²) < 4.78 is 17.1. The molecule has 2 saturated heterocycles. The number of fused-ring (bicyclic) bond motifs is 2. The minimum Gasteiger partial charge on any atom is -0.327 e. The van der Waals surface area contributed by atoms with Crippen LogP contribution in [0.5, 0.6) is 0 Å². The summed E-state index contributed by atoms with van der Waals surface area (Å²) in [6.07, 6.45) is 0.920. The van der Waals surface area contributed by atoms with Crippen molar-refractivity contribution in [3.05, 3.63) is 0 Å². The van der Waals surface area contributed by atoms with E-state index in [1.807, 2.05) is 0 Å². The van der Waals surface area contributed by atoms with E-state index in [1.165, 1.54) is 0 Å².